The van der Waals surface area contributed by atoms with Crippen LogP contribution in [0.15, 0.2) is 55.1 Å². The second kappa shape index (κ2) is 8.47. The molecule has 13 heteroatoms. The van der Waals surface area contributed by atoms with Crippen LogP contribution in [0.4, 0.5) is 29.2 Å². The van der Waals surface area contributed by atoms with Crippen LogP contribution in [-0.4, -0.2) is 30.6 Å². The lowest BCUT2D eigenvalue weighted by atomic mass is 10.1. The van der Waals surface area contributed by atoms with E-state index in [4.69, 9.17) is 17.3 Å². The van der Waals surface area contributed by atoms with Crippen LogP contribution in [0.2, 0.25) is 5.02 Å². The number of carbonyl (C=O) groups excluding carboxylic acids is 1. The number of nitrogens with one attached hydrogen (secondary N) is 1. The van der Waals surface area contributed by atoms with Crippen LogP contribution in [0.3, 0.4) is 0 Å². The molecule has 0 aliphatic carbocycles. The van der Waals surface area contributed by atoms with E-state index >= 15 is 0 Å². The summed E-state index contributed by atoms with van der Waals surface area (Å²) >= 11 is 5.78. The highest BCUT2D eigenvalue weighted by Gasteiger charge is 2.34. The number of pyridine rings is 1. The van der Waals surface area contributed by atoms with Crippen molar-refractivity contribution in [2.75, 3.05) is 5.32 Å². The van der Waals surface area contributed by atoms with Crippen LogP contribution in [0.25, 0.3) is 16.9 Å². The van der Waals surface area contributed by atoms with Gasteiger partial charge in [0.05, 0.1) is 10.6 Å². The number of nitrogens with two attached hydrogens (primary N) is 1. The Bertz CT molecular complexity index is 1360. The number of anilines is 2. The maximum absolute atomic E-state index is 13.4. The Labute approximate surface area is 188 Å². The minimum atomic E-state index is -4.67. The van der Waals surface area contributed by atoms with Gasteiger partial charge >= 0.3 is 6.18 Å². The summed E-state index contributed by atoms with van der Waals surface area (Å²) in [5.74, 6) is -1.44. The lowest BCUT2D eigenvalue weighted by molar-refractivity contribution is -0.141. The fourth-order valence-corrected chi connectivity index (χ4v) is 3.01. The number of rotatable bonds is 5. The molecule has 0 atom stereocenters. The van der Waals surface area contributed by atoms with Crippen molar-refractivity contribution in [1.82, 2.24) is 24.7 Å². The largest absolute Gasteiger partial charge is 0.435 e. The Hall–Kier alpha value is -4.06. The first-order chi connectivity index (χ1) is 15.6. The van der Waals surface area contributed by atoms with Gasteiger partial charge in [0.2, 0.25) is 11.9 Å². The molecule has 1 aromatic carbocycles. The number of hydrogen-bond acceptors (Lipinski definition) is 6. The third kappa shape index (κ3) is 4.75. The summed E-state index contributed by atoms with van der Waals surface area (Å²) in [6, 6.07) is 6.00. The number of hydrogen-bond donors (Lipinski definition) is 2. The maximum atomic E-state index is 13.4. The predicted molar refractivity (Wildman–Crippen MR) is 111 cm³/mol. The topological polar surface area (TPSA) is 112 Å². The summed E-state index contributed by atoms with van der Waals surface area (Å²) in [6.07, 6.45) is 0.342. The molecule has 1 amide bonds. The quantitative estimate of drug-likeness (QED) is 0.413. The Morgan fingerprint density at radius 1 is 1.12 bits per heavy atom. The number of alkyl halides is 3. The molecule has 3 heterocycles. The van der Waals surface area contributed by atoms with E-state index in [1.54, 1.807) is 0 Å². The highest BCUT2D eigenvalue weighted by molar-refractivity contribution is 6.31. The van der Waals surface area contributed by atoms with Gasteiger partial charge in [-0.1, -0.05) is 11.6 Å². The van der Waals surface area contributed by atoms with E-state index in [0.717, 1.165) is 23.0 Å². The van der Waals surface area contributed by atoms with Crippen molar-refractivity contribution in [3.63, 3.8) is 0 Å². The molecule has 0 aliphatic rings. The van der Waals surface area contributed by atoms with E-state index < -0.39 is 23.6 Å². The first-order valence-electron chi connectivity index (χ1n) is 9.09. The van der Waals surface area contributed by atoms with E-state index in [2.05, 4.69) is 25.4 Å². The molecule has 8 nitrogen and oxygen atoms in total. The molecular weight excluding hydrogens is 466 g/mol. The number of benzene rings is 1. The molecule has 0 saturated carbocycles. The molecule has 0 aliphatic heterocycles. The second-order valence-electron chi connectivity index (χ2n) is 6.65. The maximum Gasteiger partial charge on any atom is 0.435 e. The van der Waals surface area contributed by atoms with E-state index in [1.807, 2.05) is 0 Å². The molecular formula is C20H12ClF4N7O. The summed E-state index contributed by atoms with van der Waals surface area (Å²) in [7, 11) is 0. The average molecular weight is 478 g/mol. The third-order valence-electron chi connectivity index (χ3n) is 4.37. The number of nitrogens with zero attached hydrogens (tertiary/aromatic N) is 5. The molecule has 3 N–H and O–H groups in total. The Morgan fingerprint density at radius 3 is 2.58 bits per heavy atom. The van der Waals surface area contributed by atoms with Crippen molar-refractivity contribution in [2.24, 2.45) is 5.73 Å². The second-order valence-corrected chi connectivity index (χ2v) is 7.06. The van der Waals surface area contributed by atoms with E-state index in [-0.39, 0.29) is 27.9 Å². The molecule has 0 unspecified atom stereocenters. The summed E-state index contributed by atoms with van der Waals surface area (Å²) in [4.78, 5) is 23.9. The first kappa shape index (κ1) is 22.1. The highest BCUT2D eigenvalue weighted by Crippen LogP contribution is 2.31. The van der Waals surface area contributed by atoms with Crippen molar-refractivity contribution < 1.29 is 22.4 Å². The normalized spacial score (nSPS) is 11.4. The van der Waals surface area contributed by atoms with Gasteiger partial charge in [-0.3, -0.25) is 9.78 Å². The third-order valence-corrected chi connectivity index (χ3v) is 4.66. The molecule has 33 heavy (non-hydrogen) atoms. The number of carbonyl (C=O) groups is 1. The lowest BCUT2D eigenvalue weighted by Gasteiger charge is -2.12. The summed E-state index contributed by atoms with van der Waals surface area (Å²) in [6.45, 7) is 0. The molecule has 168 valence electrons. The SMILES string of the molecule is NC(=O)c1cncc(-c2cnc(Nc3ccc(F)c(Cl)c3)nc2-n2ccc(C(F)(F)F)n2)c1. The molecule has 0 spiro atoms. The van der Waals surface area contributed by atoms with Crippen molar-refractivity contribution in [3.05, 3.63) is 77.2 Å². The van der Waals surface area contributed by atoms with E-state index in [9.17, 15) is 22.4 Å². The van der Waals surface area contributed by atoms with Crippen LogP contribution < -0.4 is 11.1 Å². The monoisotopic (exact) mass is 477 g/mol. The van der Waals surface area contributed by atoms with Crippen LogP contribution in [0.5, 0.6) is 0 Å². The first-order valence-corrected chi connectivity index (χ1v) is 9.47. The highest BCUT2D eigenvalue weighted by atomic mass is 35.5. The lowest BCUT2D eigenvalue weighted by Crippen LogP contribution is -2.12. The van der Waals surface area contributed by atoms with Gasteiger partial charge in [-0.15, -0.1) is 0 Å². The van der Waals surface area contributed by atoms with Gasteiger partial charge < -0.3 is 11.1 Å². The molecule has 0 bridgehead atoms. The van der Waals surface area contributed by atoms with Crippen molar-refractivity contribution in [3.8, 4) is 16.9 Å². The molecule has 0 radical (unpaired) electrons. The van der Waals surface area contributed by atoms with Crippen LogP contribution in [-0.2, 0) is 6.18 Å². The van der Waals surface area contributed by atoms with Gasteiger partial charge in [0.25, 0.3) is 0 Å². The Morgan fingerprint density at radius 2 is 1.91 bits per heavy atom. The minimum absolute atomic E-state index is 0.0282. The summed E-state index contributed by atoms with van der Waals surface area (Å²) in [5, 5.41) is 6.22. The minimum Gasteiger partial charge on any atom is -0.366 e. The molecule has 4 rings (SSSR count). The average Bonchev–Trinajstić information content (AvgIpc) is 3.27. The number of aromatic nitrogens is 5. The van der Waals surface area contributed by atoms with Gasteiger partial charge in [-0.2, -0.15) is 23.3 Å². The standard InChI is InChI=1S/C20H12ClF4N7O/c21-14-6-12(1-2-15(14)22)29-19-28-9-13(10-5-11(17(26)33)8-27-7-10)18(30-19)32-4-3-16(31-32)20(23,24)25/h1-9H,(H2,26,33)(H,28,29,30). The fourth-order valence-electron chi connectivity index (χ4n) is 2.83. The number of primary amides is 1. The zero-order chi connectivity index (χ0) is 23.8. The van der Waals surface area contributed by atoms with Crippen LogP contribution in [0, 0.1) is 5.82 Å². The number of halogens is 5. The Kier molecular flexibility index (Phi) is 5.68. The van der Waals surface area contributed by atoms with Crippen molar-refractivity contribution in [2.45, 2.75) is 6.18 Å². The van der Waals surface area contributed by atoms with Crippen LogP contribution >= 0.6 is 11.6 Å². The van der Waals surface area contributed by atoms with Crippen molar-refractivity contribution >= 4 is 29.1 Å². The fraction of sp³-hybridized carbons (Fsp3) is 0.0500. The smallest absolute Gasteiger partial charge is 0.366 e. The molecule has 4 aromatic rings. The van der Waals surface area contributed by atoms with E-state index in [1.165, 1.54) is 36.8 Å². The predicted octanol–water partition coefficient (Wildman–Crippen LogP) is 4.38. The zero-order valence-corrected chi connectivity index (χ0v) is 17.1. The van der Waals surface area contributed by atoms with Gasteiger partial charge in [-0.05, 0) is 30.3 Å². The van der Waals surface area contributed by atoms with Crippen LogP contribution in [0.1, 0.15) is 16.1 Å². The number of amides is 1. The summed E-state index contributed by atoms with van der Waals surface area (Å²) < 4.78 is 53.6. The molecule has 0 fully saturated rings. The van der Waals surface area contributed by atoms with Gasteiger partial charge in [-0.25, -0.2) is 14.1 Å². The van der Waals surface area contributed by atoms with Gasteiger partial charge in [0, 0.05) is 41.6 Å². The zero-order valence-electron chi connectivity index (χ0n) is 16.3. The summed E-state index contributed by atoms with van der Waals surface area (Å²) in [5.41, 5.74) is 5.14. The van der Waals surface area contributed by atoms with Crippen molar-refractivity contribution in [1.29, 1.82) is 0 Å². The van der Waals surface area contributed by atoms with E-state index in [0.29, 0.717) is 11.3 Å². The van der Waals surface area contributed by atoms with Gasteiger partial charge in [0.1, 0.15) is 5.82 Å². The Balaban J connectivity index is 1.82. The molecule has 3 aromatic heterocycles. The molecule has 0 saturated heterocycles. The van der Waals surface area contributed by atoms with Gasteiger partial charge in [0.15, 0.2) is 11.5 Å².